The molecule has 0 aliphatic heterocycles. The Bertz CT molecular complexity index is 1520. The van der Waals surface area contributed by atoms with Gasteiger partial charge in [-0.15, -0.1) is 0 Å². The lowest BCUT2D eigenvalue weighted by Gasteiger charge is -2.10. The number of hydrogen-bond acceptors (Lipinski definition) is 5. The van der Waals surface area contributed by atoms with Gasteiger partial charge in [-0.2, -0.15) is 0 Å². The number of carboxylic acid groups (broad SMARTS) is 1. The summed E-state index contributed by atoms with van der Waals surface area (Å²) in [5, 5.41) is 12.4. The van der Waals surface area contributed by atoms with Gasteiger partial charge in [0, 0.05) is 38.9 Å². The number of aryl methyl sites for hydroxylation is 3. The van der Waals surface area contributed by atoms with Crippen LogP contribution in [0.1, 0.15) is 23.4 Å². The van der Waals surface area contributed by atoms with Gasteiger partial charge >= 0.3 is 6.16 Å². The number of hydrogen-bond donors (Lipinski definition) is 2. The number of H-pyrrole nitrogens is 1. The third-order valence-corrected chi connectivity index (χ3v) is 6.17. The summed E-state index contributed by atoms with van der Waals surface area (Å²) in [6.45, 7) is 4.36. The Labute approximate surface area is 202 Å². The van der Waals surface area contributed by atoms with E-state index in [-0.39, 0.29) is 5.88 Å². The number of benzene rings is 3. The van der Waals surface area contributed by atoms with Gasteiger partial charge in [-0.25, -0.2) is 14.8 Å². The Morgan fingerprint density at radius 3 is 2.46 bits per heavy atom. The Kier molecular flexibility index (Phi) is 6.06. The van der Waals surface area contributed by atoms with Crippen LogP contribution in [0.4, 0.5) is 4.79 Å². The van der Waals surface area contributed by atoms with E-state index < -0.39 is 6.16 Å². The molecule has 0 radical (unpaired) electrons. The Hall–Kier alpha value is -4.39. The van der Waals surface area contributed by atoms with Crippen LogP contribution in [0.2, 0.25) is 0 Å². The number of aromatic nitrogens is 3. The first-order valence-electron chi connectivity index (χ1n) is 11.5. The summed E-state index contributed by atoms with van der Waals surface area (Å²) in [5.41, 5.74) is 5.14. The molecule has 7 heteroatoms. The SMILES string of the molecule is Cc1ncnc(C)c1-c1cccc2c(CCCOc3cccc4ccccc34)c(OC(=O)O)[nH]c12. The first-order chi connectivity index (χ1) is 17.0. The molecule has 0 bridgehead atoms. The standard InChI is InChI=1S/C28H25N3O4/c1-17-25(18(2)30-16-29-17)23-12-6-11-21-22(27(31-26(21)23)35-28(32)33)13-7-15-34-24-14-5-9-19-8-3-4-10-20(19)24/h3-6,8-12,14,16,31H,7,13,15H2,1-2H3,(H,32,33). The number of ether oxygens (including phenoxy) is 2. The zero-order valence-electron chi connectivity index (χ0n) is 19.5. The molecule has 0 aliphatic carbocycles. The summed E-state index contributed by atoms with van der Waals surface area (Å²) in [5.74, 6) is 1.07. The molecule has 0 atom stereocenters. The molecule has 0 amide bonds. The highest BCUT2D eigenvalue weighted by Gasteiger charge is 2.20. The lowest BCUT2D eigenvalue weighted by Crippen LogP contribution is -2.06. The normalized spacial score (nSPS) is 11.1. The van der Waals surface area contributed by atoms with Gasteiger partial charge in [0.15, 0.2) is 0 Å². The highest BCUT2D eigenvalue weighted by molar-refractivity contribution is 5.98. The second-order valence-corrected chi connectivity index (χ2v) is 8.38. The molecule has 0 spiro atoms. The first-order valence-corrected chi connectivity index (χ1v) is 11.5. The summed E-state index contributed by atoms with van der Waals surface area (Å²) in [4.78, 5) is 23.3. The molecule has 176 valence electrons. The molecule has 2 heterocycles. The molecule has 2 aromatic heterocycles. The number of nitrogens with one attached hydrogen (secondary N) is 1. The molecule has 2 N–H and O–H groups in total. The lowest BCUT2D eigenvalue weighted by atomic mass is 9.98. The zero-order chi connectivity index (χ0) is 24.4. The highest BCUT2D eigenvalue weighted by atomic mass is 16.7. The fourth-order valence-electron chi connectivity index (χ4n) is 4.62. The number of aromatic amines is 1. The Morgan fingerprint density at radius 1 is 0.943 bits per heavy atom. The third kappa shape index (κ3) is 4.40. The summed E-state index contributed by atoms with van der Waals surface area (Å²) in [6, 6.07) is 20.0. The van der Waals surface area contributed by atoms with Crippen LogP contribution in [0, 0.1) is 13.8 Å². The average molecular weight is 468 g/mol. The summed E-state index contributed by atoms with van der Waals surface area (Å²) in [7, 11) is 0. The summed E-state index contributed by atoms with van der Waals surface area (Å²) in [6.07, 6.45) is 1.45. The van der Waals surface area contributed by atoms with Gasteiger partial charge in [-0.3, -0.25) is 0 Å². The second kappa shape index (κ2) is 9.46. The number of nitrogens with zero attached hydrogens (tertiary/aromatic N) is 2. The average Bonchev–Trinajstić information content (AvgIpc) is 3.19. The van der Waals surface area contributed by atoms with Crippen LogP contribution in [0.15, 0.2) is 67.0 Å². The minimum Gasteiger partial charge on any atom is -0.493 e. The van der Waals surface area contributed by atoms with E-state index in [4.69, 9.17) is 9.47 Å². The minimum atomic E-state index is -1.36. The third-order valence-electron chi connectivity index (χ3n) is 6.17. The smallest absolute Gasteiger partial charge is 0.493 e. The van der Waals surface area contributed by atoms with E-state index in [1.54, 1.807) is 6.33 Å². The fraction of sp³-hybridized carbons (Fsp3) is 0.179. The van der Waals surface area contributed by atoms with E-state index in [0.717, 1.165) is 55.5 Å². The predicted molar refractivity (Wildman–Crippen MR) is 135 cm³/mol. The molecular formula is C28H25N3O4. The molecule has 0 saturated carbocycles. The van der Waals surface area contributed by atoms with Crippen molar-refractivity contribution in [2.24, 2.45) is 0 Å². The molecule has 5 aromatic rings. The van der Waals surface area contributed by atoms with Crippen LogP contribution in [0.5, 0.6) is 11.6 Å². The largest absolute Gasteiger partial charge is 0.512 e. The molecule has 35 heavy (non-hydrogen) atoms. The molecule has 0 unspecified atom stereocenters. The van der Waals surface area contributed by atoms with Crippen molar-refractivity contribution in [1.29, 1.82) is 0 Å². The number of carbonyl (C=O) groups is 1. The van der Waals surface area contributed by atoms with Gasteiger partial charge in [0.1, 0.15) is 12.1 Å². The van der Waals surface area contributed by atoms with E-state index >= 15 is 0 Å². The quantitative estimate of drug-likeness (QED) is 0.210. The highest BCUT2D eigenvalue weighted by Crippen LogP contribution is 2.37. The van der Waals surface area contributed by atoms with Gasteiger partial charge < -0.3 is 19.6 Å². The van der Waals surface area contributed by atoms with E-state index in [1.807, 2.05) is 62.4 Å². The predicted octanol–water partition coefficient (Wildman–Crippen LogP) is 6.46. The van der Waals surface area contributed by atoms with Gasteiger partial charge in [0.05, 0.1) is 12.1 Å². The van der Waals surface area contributed by atoms with E-state index in [1.165, 1.54) is 0 Å². The molecule has 3 aromatic carbocycles. The molecule has 0 saturated heterocycles. The zero-order valence-corrected chi connectivity index (χ0v) is 19.5. The van der Waals surface area contributed by atoms with Crippen molar-refractivity contribution in [3.8, 4) is 22.8 Å². The lowest BCUT2D eigenvalue weighted by molar-refractivity contribution is 0.142. The number of para-hydroxylation sites is 1. The molecule has 7 nitrogen and oxygen atoms in total. The molecular weight excluding hydrogens is 442 g/mol. The first kappa shape index (κ1) is 22.4. The molecule has 5 rings (SSSR count). The van der Waals surface area contributed by atoms with E-state index in [9.17, 15) is 9.90 Å². The Balaban J connectivity index is 1.44. The van der Waals surface area contributed by atoms with Crippen LogP contribution in [-0.4, -0.2) is 32.8 Å². The maximum atomic E-state index is 11.4. The van der Waals surface area contributed by atoms with Crippen LogP contribution in [-0.2, 0) is 6.42 Å². The maximum absolute atomic E-state index is 11.4. The van der Waals surface area contributed by atoms with Crippen molar-refractivity contribution >= 4 is 27.8 Å². The van der Waals surface area contributed by atoms with Crippen molar-refractivity contribution in [3.63, 3.8) is 0 Å². The second-order valence-electron chi connectivity index (χ2n) is 8.38. The maximum Gasteiger partial charge on any atom is 0.512 e. The minimum absolute atomic E-state index is 0.234. The number of fused-ring (bicyclic) bond motifs is 2. The van der Waals surface area contributed by atoms with Crippen LogP contribution in [0.3, 0.4) is 0 Å². The van der Waals surface area contributed by atoms with Gasteiger partial charge in [-0.05, 0) is 38.1 Å². The van der Waals surface area contributed by atoms with Crippen LogP contribution in [0.25, 0.3) is 32.8 Å². The topological polar surface area (TPSA) is 97.3 Å². The van der Waals surface area contributed by atoms with Crippen molar-refractivity contribution in [2.75, 3.05) is 6.61 Å². The van der Waals surface area contributed by atoms with Crippen molar-refractivity contribution in [1.82, 2.24) is 15.0 Å². The van der Waals surface area contributed by atoms with Crippen molar-refractivity contribution < 1.29 is 19.4 Å². The van der Waals surface area contributed by atoms with Crippen LogP contribution < -0.4 is 9.47 Å². The molecule has 0 aliphatic rings. The van der Waals surface area contributed by atoms with Gasteiger partial charge in [0.25, 0.3) is 0 Å². The van der Waals surface area contributed by atoms with Gasteiger partial charge in [-0.1, -0.05) is 54.6 Å². The Morgan fingerprint density at radius 2 is 1.66 bits per heavy atom. The van der Waals surface area contributed by atoms with E-state index in [0.29, 0.717) is 19.4 Å². The van der Waals surface area contributed by atoms with Crippen LogP contribution >= 0.6 is 0 Å². The van der Waals surface area contributed by atoms with Gasteiger partial charge in [0.2, 0.25) is 5.88 Å². The number of rotatable bonds is 7. The summed E-state index contributed by atoms with van der Waals surface area (Å²) < 4.78 is 11.2. The van der Waals surface area contributed by atoms with Crippen molar-refractivity contribution in [3.05, 3.63) is 83.9 Å². The molecule has 0 fully saturated rings. The monoisotopic (exact) mass is 467 g/mol. The summed E-state index contributed by atoms with van der Waals surface area (Å²) >= 11 is 0. The fourth-order valence-corrected chi connectivity index (χ4v) is 4.62. The van der Waals surface area contributed by atoms with E-state index in [2.05, 4.69) is 27.1 Å². The van der Waals surface area contributed by atoms with Crippen molar-refractivity contribution in [2.45, 2.75) is 26.7 Å².